The number of likely N-dealkylation sites (tertiary alicyclic amines) is 1. The number of nitrogens with one attached hydrogen (secondary N) is 2. The number of anilines is 2. The molecule has 46 heavy (non-hydrogen) atoms. The highest BCUT2D eigenvalue weighted by atomic mass is 19.4. The molecule has 0 aliphatic carbocycles. The van der Waals surface area contributed by atoms with Crippen molar-refractivity contribution in [3.8, 4) is 11.1 Å². The van der Waals surface area contributed by atoms with Crippen LogP contribution in [0.4, 0.5) is 24.5 Å². The average molecular weight is 636 g/mol. The van der Waals surface area contributed by atoms with Gasteiger partial charge in [0.1, 0.15) is 0 Å². The molecule has 0 aromatic heterocycles. The van der Waals surface area contributed by atoms with Crippen molar-refractivity contribution < 1.29 is 27.5 Å². The summed E-state index contributed by atoms with van der Waals surface area (Å²) in [6.45, 7) is 12.1. The van der Waals surface area contributed by atoms with Crippen molar-refractivity contribution in [2.45, 2.75) is 66.0 Å². The standard InChI is InChI=1S/C26H29F3N2O2.C11H15NO/c1-17-7-9-21(10-8-17)22-11-13-23(14-12-22)30-25(32)24(19(3)26(27,28)29)33-20(4)31-15-5-6-18(2)16-31;1-2-3-6-10-7-4-5-8-11(10)12-9-13/h7-14,18H,4-6,15-16H2,1-3H3,(H,30,32);4-5,7-9H,2-3,6H2,1H3,(H,12,13)/b24-19+;. The van der Waals surface area contributed by atoms with Gasteiger partial charge in [-0.2, -0.15) is 13.2 Å². The molecule has 1 heterocycles. The van der Waals surface area contributed by atoms with E-state index in [0.717, 1.165) is 61.4 Å². The number of halogens is 3. The first-order valence-electron chi connectivity index (χ1n) is 15.6. The molecule has 4 rings (SSSR count). The van der Waals surface area contributed by atoms with E-state index < -0.39 is 23.4 Å². The van der Waals surface area contributed by atoms with E-state index in [2.05, 4.69) is 37.1 Å². The third-order valence-corrected chi connectivity index (χ3v) is 7.76. The molecule has 0 spiro atoms. The van der Waals surface area contributed by atoms with Crippen LogP contribution >= 0.6 is 0 Å². The van der Waals surface area contributed by atoms with Gasteiger partial charge in [0.05, 0.1) is 5.57 Å². The summed E-state index contributed by atoms with van der Waals surface area (Å²) in [7, 11) is 0. The lowest BCUT2D eigenvalue weighted by Crippen LogP contribution is -2.35. The molecule has 2 N–H and O–H groups in total. The van der Waals surface area contributed by atoms with Crippen molar-refractivity contribution in [3.63, 3.8) is 0 Å². The van der Waals surface area contributed by atoms with Gasteiger partial charge in [-0.15, -0.1) is 0 Å². The third kappa shape index (κ3) is 10.8. The van der Waals surface area contributed by atoms with E-state index >= 15 is 0 Å². The van der Waals surface area contributed by atoms with Crippen LogP contribution in [0.1, 0.15) is 57.6 Å². The summed E-state index contributed by atoms with van der Waals surface area (Å²) in [6.07, 6.45) is 1.32. The molecule has 246 valence electrons. The molecule has 0 radical (unpaired) electrons. The molecular weight excluding hydrogens is 591 g/mol. The Kier molecular flexibility index (Phi) is 13.5. The predicted octanol–water partition coefficient (Wildman–Crippen LogP) is 9.25. The minimum atomic E-state index is -4.71. The summed E-state index contributed by atoms with van der Waals surface area (Å²) in [5, 5.41) is 5.22. The zero-order valence-corrected chi connectivity index (χ0v) is 27.0. The first-order chi connectivity index (χ1) is 21.9. The van der Waals surface area contributed by atoms with Crippen LogP contribution in [-0.2, 0) is 20.7 Å². The smallest absolute Gasteiger partial charge is 0.416 e. The highest BCUT2D eigenvalue weighted by Gasteiger charge is 2.37. The molecule has 0 bridgehead atoms. The molecule has 3 aromatic rings. The minimum Gasteiger partial charge on any atom is -0.436 e. The number of hydrogen-bond acceptors (Lipinski definition) is 4. The first-order valence-corrected chi connectivity index (χ1v) is 15.6. The second kappa shape index (κ2) is 17.2. The Morgan fingerprint density at radius 2 is 1.67 bits per heavy atom. The van der Waals surface area contributed by atoms with Crippen LogP contribution in [-0.4, -0.2) is 36.5 Å². The summed E-state index contributed by atoms with van der Waals surface area (Å²) in [5.41, 5.74) is 4.48. The highest BCUT2D eigenvalue weighted by molar-refractivity contribution is 6.03. The van der Waals surface area contributed by atoms with E-state index in [1.807, 2.05) is 49.4 Å². The van der Waals surface area contributed by atoms with Crippen LogP contribution in [0.3, 0.4) is 0 Å². The van der Waals surface area contributed by atoms with Gasteiger partial charge in [-0.25, -0.2) is 0 Å². The van der Waals surface area contributed by atoms with Gasteiger partial charge in [-0.3, -0.25) is 9.59 Å². The van der Waals surface area contributed by atoms with Gasteiger partial charge >= 0.3 is 6.18 Å². The molecule has 1 unspecified atom stereocenters. The first kappa shape index (κ1) is 35.9. The number of hydrogen-bond donors (Lipinski definition) is 2. The third-order valence-electron chi connectivity index (χ3n) is 7.76. The summed E-state index contributed by atoms with van der Waals surface area (Å²) in [4.78, 5) is 24.9. The Bertz CT molecular complexity index is 1480. The number of unbranched alkanes of at least 4 members (excludes halogenated alkanes) is 1. The van der Waals surface area contributed by atoms with Crippen LogP contribution in [0.2, 0.25) is 0 Å². The number of carbonyl (C=O) groups is 2. The number of benzene rings is 3. The number of para-hydroxylation sites is 1. The number of nitrogens with zero attached hydrogens (tertiary/aromatic N) is 1. The van der Waals surface area contributed by atoms with Gasteiger partial charge in [0.25, 0.3) is 5.91 Å². The number of carbonyl (C=O) groups excluding carboxylic acids is 2. The molecule has 3 aromatic carbocycles. The molecule has 1 fully saturated rings. The molecular formula is C37H44F3N3O3. The number of rotatable bonds is 11. The molecule has 1 atom stereocenters. The fourth-order valence-corrected chi connectivity index (χ4v) is 5.01. The molecule has 2 amide bonds. The number of allylic oxidation sites excluding steroid dienone is 1. The monoisotopic (exact) mass is 635 g/mol. The fraction of sp³-hybridized carbons (Fsp3) is 0.351. The lowest BCUT2D eigenvalue weighted by atomic mass is 10.0. The van der Waals surface area contributed by atoms with Crippen LogP contribution in [0.15, 0.2) is 96.6 Å². The maximum absolute atomic E-state index is 13.5. The number of aryl methyl sites for hydroxylation is 2. The van der Waals surface area contributed by atoms with Gasteiger partial charge in [0, 0.05) is 24.5 Å². The molecule has 1 aliphatic rings. The number of piperidine rings is 1. The lowest BCUT2D eigenvalue weighted by molar-refractivity contribution is -0.119. The summed E-state index contributed by atoms with van der Waals surface area (Å²) < 4.78 is 45.8. The van der Waals surface area contributed by atoms with Crippen LogP contribution < -0.4 is 10.6 Å². The number of amides is 2. The SMILES string of the molecule is C=C(O/C(C(=O)Nc1ccc(-c2ccc(C)cc2)cc1)=C(\C)C(F)(F)F)N1CCCC(C)C1.CCCCc1ccccc1NC=O. The molecule has 9 heteroatoms. The van der Waals surface area contributed by atoms with E-state index in [0.29, 0.717) is 24.7 Å². The lowest BCUT2D eigenvalue weighted by Gasteiger charge is -2.33. The van der Waals surface area contributed by atoms with Gasteiger partial charge in [0.15, 0.2) is 5.88 Å². The van der Waals surface area contributed by atoms with Crippen molar-refractivity contribution in [1.29, 1.82) is 0 Å². The van der Waals surface area contributed by atoms with Gasteiger partial charge in [-0.05, 0) is 86.9 Å². The van der Waals surface area contributed by atoms with E-state index in [4.69, 9.17) is 4.74 Å². The van der Waals surface area contributed by atoms with Crippen molar-refractivity contribution in [2.75, 3.05) is 23.7 Å². The quantitative estimate of drug-likeness (QED) is 0.125. The Morgan fingerprint density at radius 3 is 2.26 bits per heavy atom. The second-order valence-corrected chi connectivity index (χ2v) is 11.6. The van der Waals surface area contributed by atoms with Crippen molar-refractivity contribution in [1.82, 2.24) is 4.90 Å². The Morgan fingerprint density at radius 1 is 1.04 bits per heavy atom. The van der Waals surface area contributed by atoms with Gasteiger partial charge < -0.3 is 20.3 Å². The van der Waals surface area contributed by atoms with E-state index in [1.165, 1.54) is 12.0 Å². The topological polar surface area (TPSA) is 70.7 Å². The fourth-order valence-electron chi connectivity index (χ4n) is 5.01. The molecule has 6 nitrogen and oxygen atoms in total. The maximum Gasteiger partial charge on any atom is 0.416 e. The summed E-state index contributed by atoms with van der Waals surface area (Å²) in [5.74, 6) is -1.35. The second-order valence-electron chi connectivity index (χ2n) is 11.6. The zero-order valence-electron chi connectivity index (χ0n) is 27.0. The summed E-state index contributed by atoms with van der Waals surface area (Å²) >= 11 is 0. The van der Waals surface area contributed by atoms with Crippen molar-refractivity contribution in [2.24, 2.45) is 5.92 Å². The zero-order chi connectivity index (χ0) is 33.7. The number of alkyl halides is 3. The Labute approximate surface area is 270 Å². The van der Waals surface area contributed by atoms with Crippen molar-refractivity contribution >= 4 is 23.7 Å². The molecule has 0 saturated carbocycles. The normalized spacial score (nSPS) is 15.1. The molecule has 1 saturated heterocycles. The van der Waals surface area contributed by atoms with E-state index in [9.17, 15) is 22.8 Å². The Hall–Kier alpha value is -4.53. The van der Waals surface area contributed by atoms with Gasteiger partial charge in [-0.1, -0.05) is 80.4 Å². The van der Waals surface area contributed by atoms with Gasteiger partial charge in [0.2, 0.25) is 12.2 Å². The van der Waals surface area contributed by atoms with Crippen LogP contribution in [0.5, 0.6) is 0 Å². The van der Waals surface area contributed by atoms with Crippen LogP contribution in [0, 0.1) is 12.8 Å². The Balaban J connectivity index is 0.000000370. The number of ether oxygens (including phenoxy) is 1. The molecule has 1 aliphatic heterocycles. The van der Waals surface area contributed by atoms with Crippen molar-refractivity contribution in [3.05, 3.63) is 108 Å². The average Bonchev–Trinajstić information content (AvgIpc) is 3.03. The van der Waals surface area contributed by atoms with E-state index in [-0.39, 0.29) is 5.88 Å². The maximum atomic E-state index is 13.5. The highest BCUT2D eigenvalue weighted by Crippen LogP contribution is 2.31. The van der Waals surface area contributed by atoms with E-state index in [1.54, 1.807) is 29.2 Å². The predicted molar refractivity (Wildman–Crippen MR) is 179 cm³/mol. The minimum absolute atomic E-state index is 0.0463. The summed E-state index contributed by atoms with van der Waals surface area (Å²) in [6, 6.07) is 22.8. The largest absolute Gasteiger partial charge is 0.436 e. The van der Waals surface area contributed by atoms with Crippen LogP contribution in [0.25, 0.3) is 11.1 Å².